The Hall–Kier alpha value is -6.58. The molecule has 0 saturated carbocycles. The van der Waals surface area contributed by atoms with Crippen LogP contribution in [0.1, 0.15) is 25.0 Å². The second kappa shape index (κ2) is 10.7. The molecule has 0 saturated heterocycles. The fraction of sp³-hybridized carbons (Fsp3) is 0.0612. The lowest BCUT2D eigenvalue weighted by Gasteiger charge is -2.23. The second-order valence-corrected chi connectivity index (χ2v) is 14.5. The maximum atomic E-state index is 5.62. The molecule has 3 nitrogen and oxygen atoms in total. The molecule has 0 N–H and O–H groups in total. The van der Waals surface area contributed by atoms with Gasteiger partial charge in [0, 0.05) is 32.7 Å². The van der Waals surface area contributed by atoms with Crippen molar-refractivity contribution in [1.29, 1.82) is 0 Å². The fourth-order valence-electron chi connectivity index (χ4n) is 9.17. The van der Waals surface area contributed by atoms with Gasteiger partial charge in [0.2, 0.25) is 5.95 Å². The van der Waals surface area contributed by atoms with Crippen molar-refractivity contribution >= 4 is 54.3 Å². The van der Waals surface area contributed by atoms with E-state index in [0.29, 0.717) is 5.95 Å². The average Bonchev–Trinajstić information content (AvgIpc) is 3.67. The van der Waals surface area contributed by atoms with Gasteiger partial charge in [-0.1, -0.05) is 166 Å². The van der Waals surface area contributed by atoms with Crippen LogP contribution in [-0.4, -0.2) is 14.5 Å². The monoisotopic (exact) mass is 663 g/mol. The number of hydrogen-bond acceptors (Lipinski definition) is 2. The molecule has 1 aliphatic carbocycles. The molecule has 0 amide bonds. The van der Waals surface area contributed by atoms with Crippen molar-refractivity contribution in [2.75, 3.05) is 0 Å². The maximum absolute atomic E-state index is 5.62. The molecular formula is C49H33N3. The molecule has 244 valence electrons. The highest BCUT2D eigenvalue weighted by Gasteiger charge is 2.40. The van der Waals surface area contributed by atoms with E-state index in [1.165, 1.54) is 71.2 Å². The topological polar surface area (TPSA) is 30.7 Å². The summed E-state index contributed by atoms with van der Waals surface area (Å²) in [4.78, 5) is 11.0. The lowest BCUT2D eigenvalue weighted by Crippen LogP contribution is -2.15. The zero-order valence-electron chi connectivity index (χ0n) is 28.9. The van der Waals surface area contributed by atoms with Crippen molar-refractivity contribution in [3.63, 3.8) is 0 Å². The predicted octanol–water partition coefficient (Wildman–Crippen LogP) is 12.7. The highest BCUT2D eigenvalue weighted by Crippen LogP contribution is 2.56. The summed E-state index contributed by atoms with van der Waals surface area (Å²) in [5.41, 5.74) is 12.7. The molecule has 0 fully saturated rings. The summed E-state index contributed by atoms with van der Waals surface area (Å²) in [5, 5.41) is 8.42. The molecule has 0 radical (unpaired) electrons. The molecular weight excluding hydrogens is 631 g/mol. The Morgan fingerprint density at radius 3 is 1.87 bits per heavy atom. The Bertz CT molecular complexity index is 3100. The van der Waals surface area contributed by atoms with E-state index in [9.17, 15) is 0 Å². The fourth-order valence-corrected chi connectivity index (χ4v) is 9.17. The second-order valence-electron chi connectivity index (χ2n) is 14.5. The van der Waals surface area contributed by atoms with Crippen LogP contribution in [0.2, 0.25) is 0 Å². The Kier molecular flexibility index (Phi) is 6.01. The van der Waals surface area contributed by atoms with Crippen LogP contribution in [0.25, 0.3) is 93.7 Å². The van der Waals surface area contributed by atoms with Gasteiger partial charge in [0.25, 0.3) is 0 Å². The van der Waals surface area contributed by atoms with Gasteiger partial charge in [0.15, 0.2) is 0 Å². The van der Waals surface area contributed by atoms with Crippen molar-refractivity contribution in [3.8, 4) is 39.5 Å². The number of aromatic nitrogens is 3. The van der Waals surface area contributed by atoms with Gasteiger partial charge in [-0.15, -0.1) is 0 Å². The third-order valence-corrected chi connectivity index (χ3v) is 11.4. The molecule has 10 aromatic rings. The number of benzene rings is 8. The normalized spacial score (nSPS) is 13.3. The van der Waals surface area contributed by atoms with Gasteiger partial charge in [-0.05, 0) is 61.5 Å². The standard InChI is InChI=1S/C49H33N3/c1-49(2)40-25-13-10-22-37(40)44-45(49)35-21-9-8-20-34(35)43-39-24-12-15-27-42(39)52(47(43)44)48-50-41-26-14-11-23-38(41)46(51-48)36-29-28-31(30-16-4-3-5-17-30)32-18-6-7-19-33(32)36/h3-29H,1-2H3. The summed E-state index contributed by atoms with van der Waals surface area (Å²) in [5.74, 6) is 0.677. The van der Waals surface area contributed by atoms with Crippen LogP contribution < -0.4 is 0 Å². The number of fused-ring (bicyclic) bond motifs is 12. The van der Waals surface area contributed by atoms with Crippen molar-refractivity contribution in [3.05, 3.63) is 175 Å². The first-order chi connectivity index (χ1) is 25.6. The minimum atomic E-state index is -0.185. The van der Waals surface area contributed by atoms with Gasteiger partial charge in [0.1, 0.15) is 0 Å². The van der Waals surface area contributed by atoms with Gasteiger partial charge < -0.3 is 0 Å². The largest absolute Gasteiger partial charge is 0.277 e. The molecule has 0 unspecified atom stereocenters. The molecule has 0 aliphatic heterocycles. The molecule has 11 rings (SSSR count). The lowest BCUT2D eigenvalue weighted by atomic mass is 9.79. The Labute approximate surface area is 301 Å². The van der Waals surface area contributed by atoms with Gasteiger partial charge in [-0.2, -0.15) is 0 Å². The van der Waals surface area contributed by atoms with Crippen LogP contribution in [-0.2, 0) is 5.41 Å². The van der Waals surface area contributed by atoms with Crippen LogP contribution in [0.3, 0.4) is 0 Å². The van der Waals surface area contributed by atoms with E-state index < -0.39 is 0 Å². The van der Waals surface area contributed by atoms with Crippen molar-refractivity contribution in [1.82, 2.24) is 14.5 Å². The van der Waals surface area contributed by atoms with Crippen molar-refractivity contribution in [2.45, 2.75) is 19.3 Å². The van der Waals surface area contributed by atoms with Crippen LogP contribution >= 0.6 is 0 Å². The Morgan fingerprint density at radius 2 is 1.06 bits per heavy atom. The van der Waals surface area contributed by atoms with Crippen LogP contribution in [0, 0.1) is 0 Å². The lowest BCUT2D eigenvalue weighted by molar-refractivity contribution is 0.666. The molecule has 52 heavy (non-hydrogen) atoms. The smallest absolute Gasteiger partial charge is 0.235 e. The molecule has 8 aromatic carbocycles. The molecule has 0 atom stereocenters. The molecule has 0 bridgehead atoms. The molecule has 0 spiro atoms. The number of rotatable bonds is 3. The summed E-state index contributed by atoms with van der Waals surface area (Å²) in [6.45, 7) is 4.75. The van der Waals surface area contributed by atoms with E-state index in [1.54, 1.807) is 0 Å². The summed E-state index contributed by atoms with van der Waals surface area (Å²) in [7, 11) is 0. The van der Waals surface area contributed by atoms with Crippen molar-refractivity contribution in [2.24, 2.45) is 0 Å². The van der Waals surface area contributed by atoms with Crippen molar-refractivity contribution < 1.29 is 0 Å². The van der Waals surface area contributed by atoms with Crippen LogP contribution in [0.4, 0.5) is 0 Å². The zero-order valence-corrected chi connectivity index (χ0v) is 28.9. The average molecular weight is 664 g/mol. The van der Waals surface area contributed by atoms with Crippen LogP contribution in [0.5, 0.6) is 0 Å². The predicted molar refractivity (Wildman–Crippen MR) is 217 cm³/mol. The number of nitrogens with zero attached hydrogens (tertiary/aromatic N) is 3. The first kappa shape index (κ1) is 29.2. The molecule has 1 aliphatic rings. The van der Waals surface area contributed by atoms with Gasteiger partial charge in [-0.25, -0.2) is 9.97 Å². The van der Waals surface area contributed by atoms with Gasteiger partial charge >= 0.3 is 0 Å². The van der Waals surface area contributed by atoms with Gasteiger partial charge in [-0.3, -0.25) is 4.57 Å². The Balaban J connectivity index is 1.30. The summed E-state index contributed by atoms with van der Waals surface area (Å²) >= 11 is 0. The highest BCUT2D eigenvalue weighted by molar-refractivity contribution is 6.27. The van der Waals surface area contributed by atoms with E-state index in [0.717, 1.165) is 27.7 Å². The summed E-state index contributed by atoms with van der Waals surface area (Å²) < 4.78 is 2.35. The van der Waals surface area contributed by atoms with E-state index in [4.69, 9.17) is 9.97 Å². The zero-order chi connectivity index (χ0) is 34.6. The Morgan fingerprint density at radius 1 is 0.462 bits per heavy atom. The van der Waals surface area contributed by atoms with Gasteiger partial charge in [0.05, 0.1) is 22.2 Å². The minimum absolute atomic E-state index is 0.185. The van der Waals surface area contributed by atoms with E-state index in [2.05, 4.69) is 182 Å². The quantitative estimate of drug-likeness (QED) is 0.188. The summed E-state index contributed by atoms with van der Waals surface area (Å²) in [6, 6.07) is 59.0. The SMILES string of the molecule is CC1(C)c2ccccc2-c2c1c1ccccc1c1c3ccccc3n(-c3nc(-c4ccc(-c5ccccc5)c5ccccc45)c4ccccc4n3)c21. The summed E-state index contributed by atoms with van der Waals surface area (Å²) in [6.07, 6.45) is 0. The molecule has 2 aromatic heterocycles. The molecule has 3 heteroatoms. The third kappa shape index (κ3) is 3.91. The minimum Gasteiger partial charge on any atom is -0.277 e. The molecule has 2 heterocycles. The van der Waals surface area contributed by atoms with E-state index >= 15 is 0 Å². The maximum Gasteiger partial charge on any atom is 0.235 e. The highest BCUT2D eigenvalue weighted by atomic mass is 15.2. The third-order valence-electron chi connectivity index (χ3n) is 11.4. The van der Waals surface area contributed by atoms with Crippen LogP contribution in [0.15, 0.2) is 164 Å². The first-order valence-electron chi connectivity index (χ1n) is 18.0. The van der Waals surface area contributed by atoms with E-state index in [1.807, 2.05) is 0 Å². The number of para-hydroxylation sites is 2. The number of hydrogen-bond donors (Lipinski definition) is 0. The first-order valence-corrected chi connectivity index (χ1v) is 18.0. The van der Waals surface area contributed by atoms with E-state index in [-0.39, 0.29) is 5.41 Å².